The third kappa shape index (κ3) is 64.8. The van der Waals surface area contributed by atoms with Crippen LogP contribution in [0.3, 0.4) is 0 Å². The van der Waals surface area contributed by atoms with Gasteiger partial charge in [0.15, 0.2) is 12.2 Å². The van der Waals surface area contributed by atoms with Gasteiger partial charge in [-0.1, -0.05) is 305 Å². The molecule has 0 aromatic rings. The van der Waals surface area contributed by atoms with Gasteiger partial charge in [-0.2, -0.15) is 0 Å². The molecule has 90 heavy (non-hydrogen) atoms. The van der Waals surface area contributed by atoms with Gasteiger partial charge in [0, 0.05) is 25.7 Å². The number of rotatable bonds is 69. The zero-order chi connectivity index (χ0) is 66.6. The summed E-state index contributed by atoms with van der Waals surface area (Å²) in [7, 11) is -9.89. The van der Waals surface area contributed by atoms with Crippen LogP contribution < -0.4 is 0 Å². The number of esters is 4. The average molecular weight is 1330 g/mol. The molecular weight excluding hydrogens is 1190 g/mol. The molecule has 0 rings (SSSR count). The van der Waals surface area contributed by atoms with Gasteiger partial charge < -0.3 is 33.8 Å². The van der Waals surface area contributed by atoms with Crippen molar-refractivity contribution in [3.05, 3.63) is 0 Å². The molecule has 5 atom stereocenters. The van der Waals surface area contributed by atoms with Crippen molar-refractivity contribution < 1.29 is 80.2 Å². The second kappa shape index (κ2) is 61.9. The number of phosphoric ester groups is 2. The van der Waals surface area contributed by atoms with Crippen molar-refractivity contribution >= 4 is 39.5 Å². The Hall–Kier alpha value is -1.94. The van der Waals surface area contributed by atoms with E-state index in [4.69, 9.17) is 37.0 Å². The molecule has 534 valence electrons. The normalized spacial score (nSPS) is 14.2. The second-order valence-electron chi connectivity index (χ2n) is 27.1. The lowest BCUT2D eigenvalue weighted by Gasteiger charge is -2.21. The molecule has 0 spiro atoms. The van der Waals surface area contributed by atoms with E-state index in [1.807, 2.05) is 0 Å². The summed E-state index contributed by atoms with van der Waals surface area (Å²) in [6.45, 7) is 11.8. The van der Waals surface area contributed by atoms with Crippen LogP contribution in [0.4, 0.5) is 0 Å². The van der Waals surface area contributed by atoms with E-state index in [1.165, 1.54) is 161 Å². The first-order valence-electron chi connectivity index (χ1n) is 36.8. The molecule has 0 bridgehead atoms. The van der Waals surface area contributed by atoms with Crippen molar-refractivity contribution in [1.29, 1.82) is 0 Å². The Balaban J connectivity index is 5.16. The summed E-state index contributed by atoms with van der Waals surface area (Å²) < 4.78 is 68.1. The summed E-state index contributed by atoms with van der Waals surface area (Å²) in [5, 5.41) is 10.6. The molecule has 0 aromatic carbocycles. The van der Waals surface area contributed by atoms with Crippen molar-refractivity contribution in [3.8, 4) is 0 Å². The van der Waals surface area contributed by atoms with Crippen molar-refractivity contribution in [2.45, 2.75) is 375 Å². The van der Waals surface area contributed by atoms with Gasteiger partial charge in [-0.05, 0) is 43.4 Å². The average Bonchev–Trinajstić information content (AvgIpc) is 3.66. The predicted octanol–water partition coefficient (Wildman–Crippen LogP) is 20.2. The van der Waals surface area contributed by atoms with Gasteiger partial charge in [0.05, 0.1) is 26.4 Å². The van der Waals surface area contributed by atoms with Crippen LogP contribution in [0.15, 0.2) is 0 Å². The van der Waals surface area contributed by atoms with E-state index in [1.54, 1.807) is 0 Å². The molecule has 3 N–H and O–H groups in total. The molecule has 2 unspecified atom stereocenters. The van der Waals surface area contributed by atoms with E-state index in [9.17, 15) is 43.2 Å². The number of unbranched alkanes of at least 4 members (excludes halogenated alkanes) is 37. The van der Waals surface area contributed by atoms with Crippen molar-refractivity contribution in [3.63, 3.8) is 0 Å². The Morgan fingerprint density at radius 3 is 0.756 bits per heavy atom. The first kappa shape index (κ1) is 88.1. The Morgan fingerprint density at radius 1 is 0.300 bits per heavy atom. The van der Waals surface area contributed by atoms with Gasteiger partial charge in [0.1, 0.15) is 19.3 Å². The molecule has 19 heteroatoms. The lowest BCUT2D eigenvalue weighted by molar-refractivity contribution is -0.161. The molecule has 0 fully saturated rings. The van der Waals surface area contributed by atoms with E-state index >= 15 is 0 Å². The van der Waals surface area contributed by atoms with Crippen LogP contribution in [0, 0.1) is 17.8 Å². The molecule has 0 radical (unpaired) electrons. The van der Waals surface area contributed by atoms with Crippen molar-refractivity contribution in [2.75, 3.05) is 39.6 Å². The third-order valence-corrected chi connectivity index (χ3v) is 18.3. The highest BCUT2D eigenvalue weighted by Crippen LogP contribution is 2.45. The van der Waals surface area contributed by atoms with Crippen LogP contribution in [-0.4, -0.2) is 96.7 Å². The quantitative estimate of drug-likeness (QED) is 0.0222. The molecule has 0 heterocycles. The molecule has 0 aliphatic carbocycles. The number of ether oxygens (including phenoxy) is 4. The molecule has 0 aromatic heterocycles. The van der Waals surface area contributed by atoms with E-state index in [-0.39, 0.29) is 25.7 Å². The Kier molecular flexibility index (Phi) is 60.6. The number of carbonyl (C=O) groups is 4. The number of phosphoric acid groups is 2. The minimum atomic E-state index is -4.95. The van der Waals surface area contributed by atoms with E-state index in [0.717, 1.165) is 114 Å². The summed E-state index contributed by atoms with van der Waals surface area (Å²) in [5.74, 6) is 0.194. The Morgan fingerprint density at radius 2 is 0.511 bits per heavy atom. The topological polar surface area (TPSA) is 237 Å². The maximum Gasteiger partial charge on any atom is 0.472 e. The maximum atomic E-state index is 13.0. The number of aliphatic hydroxyl groups excluding tert-OH is 1. The molecule has 0 saturated carbocycles. The Bertz CT molecular complexity index is 1770. The van der Waals surface area contributed by atoms with Gasteiger partial charge in [0.25, 0.3) is 0 Å². The number of hydrogen-bond acceptors (Lipinski definition) is 15. The summed E-state index contributed by atoms with van der Waals surface area (Å²) in [4.78, 5) is 72.3. The predicted molar refractivity (Wildman–Crippen MR) is 363 cm³/mol. The van der Waals surface area contributed by atoms with Gasteiger partial charge >= 0.3 is 39.5 Å². The van der Waals surface area contributed by atoms with Crippen molar-refractivity contribution in [2.24, 2.45) is 17.8 Å². The van der Waals surface area contributed by atoms with E-state index < -0.39 is 97.5 Å². The van der Waals surface area contributed by atoms with E-state index in [2.05, 4.69) is 48.5 Å². The number of aliphatic hydroxyl groups is 1. The number of hydrogen-bond donors (Lipinski definition) is 3. The van der Waals surface area contributed by atoms with Gasteiger partial charge in [0.2, 0.25) is 0 Å². The first-order chi connectivity index (χ1) is 43.2. The fraction of sp³-hybridized carbons (Fsp3) is 0.944. The SMILES string of the molecule is CCCCCCCC(=O)OC[C@H](COP(=O)(O)OC[C@H](O)COP(=O)(O)OC[C@@H](COC(=O)CCCCCCCCCCCCCCC(C)C)OC(=O)CCCCCCCCCCCCCCCCC(C)C)OC(=O)CCCCCCCCCCCCC(C)C. The first-order valence-corrected chi connectivity index (χ1v) is 39.8. The van der Waals surface area contributed by atoms with Crippen LogP contribution in [0.5, 0.6) is 0 Å². The Labute approximate surface area is 549 Å². The van der Waals surface area contributed by atoms with Crippen LogP contribution in [0.25, 0.3) is 0 Å². The summed E-state index contributed by atoms with van der Waals surface area (Å²) in [5.41, 5.74) is 0. The third-order valence-electron chi connectivity index (χ3n) is 16.4. The fourth-order valence-electron chi connectivity index (χ4n) is 10.7. The number of carbonyl (C=O) groups excluding carboxylic acids is 4. The second-order valence-corrected chi connectivity index (χ2v) is 30.0. The van der Waals surface area contributed by atoms with Gasteiger partial charge in [-0.3, -0.25) is 37.3 Å². The standard InChI is InChI=1S/C71H138O17P2/c1-8-9-10-35-45-52-68(73)81-58-66(87-70(75)55-48-41-34-28-22-21-25-31-38-44-51-64(6)7)60-85-89(77,78)83-56-65(72)57-84-90(79,80)86-61-67(59-82-69(74)53-46-39-32-26-19-16-15-18-24-30-37-43-50-63(4)5)88-71(76)54-47-40-33-27-20-14-12-11-13-17-23-29-36-42-49-62(2)3/h62-67,72H,8-61H2,1-7H3,(H,77,78)(H,79,80)/t65-,66+,67+/m0/s1. The van der Waals surface area contributed by atoms with Gasteiger partial charge in [-0.15, -0.1) is 0 Å². The zero-order valence-electron chi connectivity index (χ0n) is 58.6. The summed E-state index contributed by atoms with van der Waals surface area (Å²) in [6, 6.07) is 0. The largest absolute Gasteiger partial charge is 0.472 e. The molecule has 0 saturated heterocycles. The fourth-order valence-corrected chi connectivity index (χ4v) is 12.3. The molecule has 0 aliphatic rings. The van der Waals surface area contributed by atoms with Crippen LogP contribution in [-0.2, 0) is 65.4 Å². The minimum Gasteiger partial charge on any atom is -0.462 e. The highest BCUT2D eigenvalue weighted by molar-refractivity contribution is 7.47. The molecule has 0 aliphatic heterocycles. The summed E-state index contributed by atoms with van der Waals surface area (Å²) in [6.07, 6.45) is 46.2. The van der Waals surface area contributed by atoms with Gasteiger partial charge in [-0.25, -0.2) is 9.13 Å². The minimum absolute atomic E-state index is 0.105. The van der Waals surface area contributed by atoms with Crippen LogP contribution in [0.2, 0.25) is 0 Å². The van der Waals surface area contributed by atoms with Crippen molar-refractivity contribution in [1.82, 2.24) is 0 Å². The molecule has 17 nitrogen and oxygen atoms in total. The van der Waals surface area contributed by atoms with E-state index in [0.29, 0.717) is 25.7 Å². The highest BCUT2D eigenvalue weighted by atomic mass is 31.2. The molecular formula is C71H138O17P2. The summed E-state index contributed by atoms with van der Waals surface area (Å²) >= 11 is 0. The monoisotopic (exact) mass is 1320 g/mol. The maximum absolute atomic E-state index is 13.0. The van der Waals surface area contributed by atoms with Crippen LogP contribution in [0.1, 0.15) is 357 Å². The molecule has 0 amide bonds. The lowest BCUT2D eigenvalue weighted by Crippen LogP contribution is -2.30. The smallest absolute Gasteiger partial charge is 0.462 e. The zero-order valence-corrected chi connectivity index (χ0v) is 60.4. The van der Waals surface area contributed by atoms with Crippen LogP contribution >= 0.6 is 15.6 Å². The highest BCUT2D eigenvalue weighted by Gasteiger charge is 2.30. The lowest BCUT2D eigenvalue weighted by atomic mass is 10.0.